The van der Waals surface area contributed by atoms with Gasteiger partial charge in [-0.25, -0.2) is 4.68 Å². The molecule has 26 heavy (non-hydrogen) atoms. The molecule has 0 aliphatic rings. The third-order valence-corrected chi connectivity index (χ3v) is 4.64. The maximum Gasteiger partial charge on any atom is 0.234 e. The van der Waals surface area contributed by atoms with E-state index in [1.165, 1.54) is 23.5 Å². The molecule has 0 atom stereocenters. The van der Waals surface area contributed by atoms with Gasteiger partial charge in [-0.05, 0) is 18.2 Å². The lowest BCUT2D eigenvalue weighted by atomic mass is 10.2. The van der Waals surface area contributed by atoms with Crippen molar-refractivity contribution in [1.82, 2.24) is 14.9 Å². The van der Waals surface area contributed by atoms with Gasteiger partial charge in [0.25, 0.3) is 0 Å². The number of carbonyl (C=O) groups is 1. The molecule has 0 saturated heterocycles. The Labute approximate surface area is 159 Å². The van der Waals surface area contributed by atoms with Crippen LogP contribution in [0.5, 0.6) is 5.75 Å². The van der Waals surface area contributed by atoms with Crippen molar-refractivity contribution < 1.29 is 9.53 Å². The molecule has 1 aromatic heterocycles. The second-order valence-electron chi connectivity index (χ2n) is 5.22. The fraction of sp³-hybridized carbons (Fsp3) is 0.118. The Balaban J connectivity index is 1.66. The quantitative estimate of drug-likeness (QED) is 0.497. The molecule has 1 amide bonds. The first-order valence-corrected chi connectivity index (χ1v) is 8.97. The Morgan fingerprint density at radius 2 is 2.04 bits per heavy atom. The third-order valence-electron chi connectivity index (χ3n) is 3.46. The number of nitrogens with zero attached hydrogens (tertiary/aromatic N) is 3. The number of benzene rings is 2. The highest BCUT2D eigenvalue weighted by atomic mass is 35.5. The van der Waals surface area contributed by atoms with Gasteiger partial charge in [0.1, 0.15) is 5.75 Å². The van der Waals surface area contributed by atoms with Gasteiger partial charge in [0, 0.05) is 10.6 Å². The number of hydrogen-bond acceptors (Lipinski definition) is 6. The highest BCUT2D eigenvalue weighted by molar-refractivity contribution is 7.99. The molecule has 134 valence electrons. The first-order chi connectivity index (χ1) is 12.6. The van der Waals surface area contributed by atoms with Crippen LogP contribution in [0.25, 0.3) is 11.4 Å². The van der Waals surface area contributed by atoms with Crippen LogP contribution >= 0.6 is 23.4 Å². The van der Waals surface area contributed by atoms with Crippen LogP contribution in [0.2, 0.25) is 5.02 Å². The van der Waals surface area contributed by atoms with E-state index in [1.54, 1.807) is 18.2 Å². The zero-order valence-electron chi connectivity index (χ0n) is 13.8. The number of ether oxygens (including phenoxy) is 1. The standard InChI is InChI=1S/C17H16ClN5O2S/c1-25-14-8-7-12(18)9-13(14)20-15(24)10-26-17-22-21-16(23(17)19)11-5-3-2-4-6-11/h2-9H,10,19H2,1H3,(H,20,24). The lowest BCUT2D eigenvalue weighted by molar-refractivity contribution is -0.113. The number of halogens is 1. The monoisotopic (exact) mass is 389 g/mol. The van der Waals surface area contributed by atoms with E-state index in [4.69, 9.17) is 22.2 Å². The fourth-order valence-electron chi connectivity index (χ4n) is 2.25. The molecule has 7 nitrogen and oxygen atoms in total. The molecule has 0 unspecified atom stereocenters. The zero-order chi connectivity index (χ0) is 18.5. The number of rotatable bonds is 6. The molecule has 2 aromatic carbocycles. The van der Waals surface area contributed by atoms with E-state index >= 15 is 0 Å². The number of hydrogen-bond donors (Lipinski definition) is 2. The third kappa shape index (κ3) is 4.09. The molecule has 0 bridgehead atoms. The summed E-state index contributed by atoms with van der Waals surface area (Å²) in [4.78, 5) is 12.2. The lowest BCUT2D eigenvalue weighted by Crippen LogP contribution is -2.16. The number of amides is 1. The Morgan fingerprint density at radius 3 is 2.77 bits per heavy atom. The molecule has 1 heterocycles. The van der Waals surface area contributed by atoms with Crippen molar-refractivity contribution in [3.63, 3.8) is 0 Å². The number of carbonyl (C=O) groups excluding carboxylic acids is 1. The molecular weight excluding hydrogens is 374 g/mol. The minimum atomic E-state index is -0.236. The van der Waals surface area contributed by atoms with Crippen molar-refractivity contribution >= 4 is 35.0 Å². The molecule has 0 fully saturated rings. The first kappa shape index (κ1) is 18.1. The van der Waals surface area contributed by atoms with Gasteiger partial charge in [-0.15, -0.1) is 10.2 Å². The summed E-state index contributed by atoms with van der Waals surface area (Å²) in [5.41, 5.74) is 1.35. The van der Waals surface area contributed by atoms with Gasteiger partial charge in [0.15, 0.2) is 5.82 Å². The maximum atomic E-state index is 12.2. The molecule has 0 spiro atoms. The van der Waals surface area contributed by atoms with Crippen molar-refractivity contribution in [3.8, 4) is 17.1 Å². The van der Waals surface area contributed by atoms with E-state index in [0.29, 0.717) is 27.4 Å². The van der Waals surface area contributed by atoms with Crippen molar-refractivity contribution in [2.24, 2.45) is 0 Å². The van der Waals surface area contributed by atoms with E-state index < -0.39 is 0 Å². The Kier molecular flexibility index (Phi) is 5.65. The molecule has 0 aliphatic carbocycles. The van der Waals surface area contributed by atoms with Gasteiger partial charge in [-0.1, -0.05) is 53.7 Å². The fourth-order valence-corrected chi connectivity index (χ4v) is 3.08. The van der Waals surface area contributed by atoms with E-state index in [0.717, 1.165) is 5.56 Å². The van der Waals surface area contributed by atoms with Gasteiger partial charge >= 0.3 is 0 Å². The number of methoxy groups -OCH3 is 1. The highest BCUT2D eigenvalue weighted by Crippen LogP contribution is 2.28. The summed E-state index contributed by atoms with van der Waals surface area (Å²) in [6, 6.07) is 14.5. The molecule has 0 radical (unpaired) electrons. The summed E-state index contributed by atoms with van der Waals surface area (Å²) in [5.74, 6) is 6.98. The normalized spacial score (nSPS) is 10.5. The molecule has 3 rings (SSSR count). The van der Waals surface area contributed by atoms with Gasteiger partial charge < -0.3 is 15.9 Å². The number of nitrogens with one attached hydrogen (secondary N) is 1. The molecule has 3 aromatic rings. The topological polar surface area (TPSA) is 95.1 Å². The summed E-state index contributed by atoms with van der Waals surface area (Å²) in [5, 5.41) is 11.8. The maximum absolute atomic E-state index is 12.2. The average molecular weight is 390 g/mol. The molecule has 0 saturated carbocycles. The van der Waals surface area contributed by atoms with Crippen LogP contribution in [0.1, 0.15) is 0 Å². The Bertz CT molecular complexity index is 917. The average Bonchev–Trinajstić information content (AvgIpc) is 3.01. The van der Waals surface area contributed by atoms with E-state index in [-0.39, 0.29) is 11.7 Å². The minimum absolute atomic E-state index is 0.111. The van der Waals surface area contributed by atoms with E-state index in [2.05, 4.69) is 15.5 Å². The van der Waals surface area contributed by atoms with Gasteiger partial charge in [0.05, 0.1) is 18.6 Å². The number of nitrogens with two attached hydrogens (primary N) is 1. The van der Waals surface area contributed by atoms with Gasteiger partial charge in [0.2, 0.25) is 11.1 Å². The summed E-state index contributed by atoms with van der Waals surface area (Å²) in [7, 11) is 1.52. The largest absolute Gasteiger partial charge is 0.495 e. The van der Waals surface area contributed by atoms with Crippen LogP contribution < -0.4 is 15.9 Å². The lowest BCUT2D eigenvalue weighted by Gasteiger charge is -2.10. The smallest absolute Gasteiger partial charge is 0.234 e. The second-order valence-corrected chi connectivity index (χ2v) is 6.60. The van der Waals surface area contributed by atoms with Gasteiger partial charge in [-0.3, -0.25) is 4.79 Å². The van der Waals surface area contributed by atoms with E-state index in [9.17, 15) is 4.79 Å². The van der Waals surface area contributed by atoms with Crippen LogP contribution in [0.3, 0.4) is 0 Å². The first-order valence-electron chi connectivity index (χ1n) is 7.60. The second kappa shape index (κ2) is 8.11. The van der Waals surface area contributed by atoms with Crippen molar-refractivity contribution in [2.75, 3.05) is 24.0 Å². The van der Waals surface area contributed by atoms with Crippen LogP contribution in [0.4, 0.5) is 5.69 Å². The Hall–Kier alpha value is -2.71. The minimum Gasteiger partial charge on any atom is -0.495 e. The van der Waals surface area contributed by atoms with E-state index in [1.807, 2.05) is 30.3 Å². The number of thioether (sulfide) groups is 1. The zero-order valence-corrected chi connectivity index (χ0v) is 15.4. The SMILES string of the molecule is COc1ccc(Cl)cc1NC(=O)CSc1nnc(-c2ccccc2)n1N. The number of anilines is 1. The molecule has 9 heteroatoms. The van der Waals surface area contributed by atoms with Crippen LogP contribution in [0, 0.1) is 0 Å². The van der Waals surface area contributed by atoms with Gasteiger partial charge in [-0.2, -0.15) is 0 Å². The predicted molar refractivity (Wildman–Crippen MR) is 103 cm³/mol. The van der Waals surface area contributed by atoms with Crippen LogP contribution in [-0.4, -0.2) is 33.6 Å². The highest BCUT2D eigenvalue weighted by Gasteiger charge is 2.14. The summed E-state index contributed by atoms with van der Waals surface area (Å²) < 4.78 is 6.58. The van der Waals surface area contributed by atoms with Crippen molar-refractivity contribution in [3.05, 3.63) is 53.6 Å². The molecule has 0 aliphatic heterocycles. The Morgan fingerprint density at radius 1 is 1.27 bits per heavy atom. The number of nitrogen functional groups attached to an aromatic ring is 1. The van der Waals surface area contributed by atoms with Crippen molar-refractivity contribution in [2.45, 2.75) is 5.16 Å². The summed E-state index contributed by atoms with van der Waals surface area (Å²) in [6.07, 6.45) is 0. The predicted octanol–water partition coefficient (Wildman–Crippen LogP) is 3.05. The van der Waals surface area contributed by atoms with Crippen LogP contribution in [0.15, 0.2) is 53.7 Å². The number of aromatic nitrogens is 3. The molecule has 3 N–H and O–H groups in total. The molecular formula is C17H16ClN5O2S. The van der Waals surface area contributed by atoms with Crippen molar-refractivity contribution in [1.29, 1.82) is 0 Å². The summed E-state index contributed by atoms with van der Waals surface area (Å²) >= 11 is 7.15. The van der Waals surface area contributed by atoms with Crippen LogP contribution in [-0.2, 0) is 4.79 Å². The summed E-state index contributed by atoms with van der Waals surface area (Å²) in [6.45, 7) is 0.